The molecule has 38 heavy (non-hydrogen) atoms. The van der Waals surface area contributed by atoms with E-state index in [4.69, 9.17) is 14.2 Å². The maximum absolute atomic E-state index is 12.7. The second-order valence-corrected chi connectivity index (χ2v) is 10.9. The van der Waals surface area contributed by atoms with Crippen molar-refractivity contribution >= 4 is 23.4 Å². The molecule has 1 atom stereocenters. The Morgan fingerprint density at radius 2 is 1.61 bits per heavy atom. The first-order valence-corrected chi connectivity index (χ1v) is 13.2. The van der Waals surface area contributed by atoms with Crippen LogP contribution in [0, 0.1) is 5.92 Å². The lowest BCUT2D eigenvalue weighted by atomic mass is 10.0. The first-order chi connectivity index (χ1) is 17.8. The smallest absolute Gasteiger partial charge is 0.243 e. The van der Waals surface area contributed by atoms with Crippen LogP contribution in [0.15, 0.2) is 24.3 Å². The molecule has 0 aliphatic rings. The number of nitrogens with one attached hydrogen (secondary N) is 4. The van der Waals surface area contributed by atoms with Gasteiger partial charge in [-0.1, -0.05) is 26.0 Å². The SMILES string of the molecule is CNCCC(C)(C)OCC(C)(C)OCCC(=O)NC(C(=O)NCC(=O)Nc1ccc(COC)cc1)C(C)C. The van der Waals surface area contributed by atoms with Crippen molar-refractivity contribution in [2.75, 3.05) is 45.8 Å². The van der Waals surface area contributed by atoms with E-state index in [1.54, 1.807) is 19.2 Å². The Balaban J connectivity index is 2.46. The lowest BCUT2D eigenvalue weighted by molar-refractivity contribution is -0.136. The van der Waals surface area contributed by atoms with Crippen molar-refractivity contribution in [3.05, 3.63) is 29.8 Å². The van der Waals surface area contributed by atoms with E-state index >= 15 is 0 Å². The summed E-state index contributed by atoms with van der Waals surface area (Å²) >= 11 is 0. The monoisotopic (exact) mass is 536 g/mol. The Morgan fingerprint density at radius 3 is 2.18 bits per heavy atom. The highest BCUT2D eigenvalue weighted by Gasteiger charge is 2.27. The number of methoxy groups -OCH3 is 1. The molecule has 0 spiro atoms. The van der Waals surface area contributed by atoms with Gasteiger partial charge in [0.2, 0.25) is 17.7 Å². The zero-order valence-electron chi connectivity index (χ0n) is 24.4. The third kappa shape index (κ3) is 13.9. The Hall–Kier alpha value is -2.53. The Bertz CT molecular complexity index is 871. The predicted octanol–water partition coefficient (Wildman–Crippen LogP) is 2.62. The van der Waals surface area contributed by atoms with Gasteiger partial charge < -0.3 is 35.5 Å². The third-order valence-corrected chi connectivity index (χ3v) is 5.85. The van der Waals surface area contributed by atoms with E-state index in [-0.39, 0.29) is 42.9 Å². The summed E-state index contributed by atoms with van der Waals surface area (Å²) in [5.74, 6) is -1.25. The van der Waals surface area contributed by atoms with Crippen molar-refractivity contribution < 1.29 is 28.6 Å². The highest BCUT2D eigenvalue weighted by Crippen LogP contribution is 2.19. The fourth-order valence-electron chi connectivity index (χ4n) is 3.44. The number of anilines is 1. The van der Waals surface area contributed by atoms with Gasteiger partial charge in [0.05, 0.1) is 44.0 Å². The second kappa shape index (κ2) is 16.4. The van der Waals surface area contributed by atoms with E-state index in [9.17, 15) is 14.4 Å². The van der Waals surface area contributed by atoms with Crippen LogP contribution < -0.4 is 21.3 Å². The molecule has 0 aromatic heterocycles. The standard InChI is InChI=1S/C28H48N4O6/c1-20(2)25(26(35)30-17-24(34)31-22-11-9-21(10-12-22)18-36-8)32-23(33)13-16-37-28(5,6)19-38-27(3,4)14-15-29-7/h9-12,20,25,29H,13-19H2,1-8H3,(H,30,35)(H,31,34)(H,32,33). The van der Waals surface area contributed by atoms with Gasteiger partial charge >= 0.3 is 0 Å². The van der Waals surface area contributed by atoms with Gasteiger partial charge in [-0.15, -0.1) is 0 Å². The number of carbonyl (C=O) groups is 3. The second-order valence-electron chi connectivity index (χ2n) is 10.9. The molecule has 0 aliphatic carbocycles. The molecule has 0 saturated heterocycles. The normalized spacial score (nSPS) is 12.8. The zero-order valence-corrected chi connectivity index (χ0v) is 24.4. The third-order valence-electron chi connectivity index (χ3n) is 5.85. The molecule has 0 bridgehead atoms. The lowest BCUT2D eigenvalue weighted by Gasteiger charge is -2.32. The predicted molar refractivity (Wildman–Crippen MR) is 149 cm³/mol. The van der Waals surface area contributed by atoms with E-state index in [2.05, 4.69) is 21.3 Å². The molecule has 1 rings (SSSR count). The van der Waals surface area contributed by atoms with Gasteiger partial charge in [0.1, 0.15) is 6.04 Å². The summed E-state index contributed by atoms with van der Waals surface area (Å²) in [6.07, 6.45) is 0.965. The average Bonchev–Trinajstić information content (AvgIpc) is 2.84. The molecule has 1 unspecified atom stereocenters. The van der Waals surface area contributed by atoms with E-state index in [0.717, 1.165) is 18.5 Å². The average molecular weight is 537 g/mol. The molecule has 10 heteroatoms. The highest BCUT2D eigenvalue weighted by atomic mass is 16.6. The molecule has 0 aliphatic heterocycles. The van der Waals surface area contributed by atoms with Crippen LogP contribution in [0.5, 0.6) is 0 Å². The molecule has 0 radical (unpaired) electrons. The summed E-state index contributed by atoms with van der Waals surface area (Å²) in [6.45, 7) is 13.3. The van der Waals surface area contributed by atoms with Crippen LogP contribution >= 0.6 is 0 Å². The maximum Gasteiger partial charge on any atom is 0.243 e. The van der Waals surface area contributed by atoms with E-state index in [1.165, 1.54) is 0 Å². The first-order valence-electron chi connectivity index (χ1n) is 13.2. The van der Waals surface area contributed by atoms with Gasteiger partial charge in [0.25, 0.3) is 0 Å². The summed E-state index contributed by atoms with van der Waals surface area (Å²) in [6, 6.07) is 6.47. The Kier molecular flexibility index (Phi) is 14.5. The highest BCUT2D eigenvalue weighted by molar-refractivity contribution is 5.96. The van der Waals surface area contributed by atoms with Crippen LogP contribution in [0.2, 0.25) is 0 Å². The van der Waals surface area contributed by atoms with Gasteiger partial charge in [0, 0.05) is 12.8 Å². The lowest BCUT2D eigenvalue weighted by Crippen LogP contribution is -2.51. The van der Waals surface area contributed by atoms with Gasteiger partial charge in [0.15, 0.2) is 0 Å². The maximum atomic E-state index is 12.7. The van der Waals surface area contributed by atoms with Crippen LogP contribution in [0.25, 0.3) is 0 Å². The molecule has 216 valence electrons. The van der Waals surface area contributed by atoms with Crippen LogP contribution in [0.1, 0.15) is 59.9 Å². The zero-order chi connectivity index (χ0) is 28.8. The number of carbonyl (C=O) groups excluding carboxylic acids is 3. The summed E-state index contributed by atoms with van der Waals surface area (Å²) < 4.78 is 17.0. The van der Waals surface area contributed by atoms with Crippen LogP contribution in [0.3, 0.4) is 0 Å². The van der Waals surface area contributed by atoms with Crippen LogP contribution in [-0.2, 0) is 35.2 Å². The van der Waals surface area contributed by atoms with E-state index < -0.39 is 17.6 Å². The molecule has 3 amide bonds. The summed E-state index contributed by atoms with van der Waals surface area (Å²) in [4.78, 5) is 37.5. The van der Waals surface area contributed by atoms with Crippen molar-refractivity contribution in [3.8, 4) is 0 Å². The van der Waals surface area contributed by atoms with Crippen molar-refractivity contribution in [3.63, 3.8) is 0 Å². The number of ether oxygens (including phenoxy) is 3. The number of hydrogen-bond donors (Lipinski definition) is 4. The van der Waals surface area contributed by atoms with Crippen molar-refractivity contribution in [2.24, 2.45) is 5.92 Å². The number of amides is 3. The van der Waals surface area contributed by atoms with E-state index in [1.807, 2.05) is 60.7 Å². The molecule has 1 aromatic rings. The minimum atomic E-state index is -0.770. The van der Waals surface area contributed by atoms with E-state index in [0.29, 0.717) is 18.9 Å². The minimum absolute atomic E-state index is 0.0998. The van der Waals surface area contributed by atoms with Crippen molar-refractivity contribution in [1.82, 2.24) is 16.0 Å². The molecule has 1 aromatic carbocycles. The fourth-order valence-corrected chi connectivity index (χ4v) is 3.44. The largest absolute Gasteiger partial charge is 0.380 e. The quantitative estimate of drug-likeness (QED) is 0.227. The Morgan fingerprint density at radius 1 is 0.947 bits per heavy atom. The molecular formula is C28H48N4O6. The topological polar surface area (TPSA) is 127 Å². The van der Waals surface area contributed by atoms with Gasteiger partial charge in [-0.3, -0.25) is 14.4 Å². The molecule has 4 N–H and O–H groups in total. The minimum Gasteiger partial charge on any atom is -0.380 e. The van der Waals surface area contributed by atoms with Crippen molar-refractivity contribution in [2.45, 2.75) is 78.2 Å². The van der Waals surface area contributed by atoms with Gasteiger partial charge in [-0.25, -0.2) is 0 Å². The summed E-state index contributed by atoms with van der Waals surface area (Å²) in [5.41, 5.74) is 0.752. The van der Waals surface area contributed by atoms with Gasteiger partial charge in [-0.2, -0.15) is 0 Å². The fraction of sp³-hybridized carbons (Fsp3) is 0.679. The van der Waals surface area contributed by atoms with Gasteiger partial charge in [-0.05, 0) is 71.3 Å². The Labute approximate surface area is 227 Å². The van der Waals surface area contributed by atoms with Crippen LogP contribution in [-0.4, -0.2) is 75.4 Å². The molecule has 0 heterocycles. The number of hydrogen-bond acceptors (Lipinski definition) is 7. The van der Waals surface area contributed by atoms with Crippen LogP contribution in [0.4, 0.5) is 5.69 Å². The first kappa shape index (κ1) is 33.5. The summed E-state index contributed by atoms with van der Waals surface area (Å²) in [5, 5.41) is 11.2. The molecular weight excluding hydrogens is 488 g/mol. The molecule has 10 nitrogen and oxygen atoms in total. The molecule has 0 fully saturated rings. The number of rotatable bonds is 18. The van der Waals surface area contributed by atoms with Crippen molar-refractivity contribution in [1.29, 1.82) is 0 Å². The number of benzene rings is 1. The summed E-state index contributed by atoms with van der Waals surface area (Å²) in [7, 11) is 3.52. The molecule has 0 saturated carbocycles.